The van der Waals surface area contributed by atoms with E-state index in [-0.39, 0.29) is 0 Å². The number of ether oxygens (including phenoxy) is 1. The van der Waals surface area contributed by atoms with E-state index < -0.39 is 0 Å². The summed E-state index contributed by atoms with van der Waals surface area (Å²) in [5, 5.41) is 18.6. The van der Waals surface area contributed by atoms with Crippen LogP contribution in [0.15, 0.2) is 51.5 Å². The van der Waals surface area contributed by atoms with Gasteiger partial charge in [0.2, 0.25) is 16.9 Å². The zero-order chi connectivity index (χ0) is 17.8. The van der Waals surface area contributed by atoms with Crippen molar-refractivity contribution in [1.29, 1.82) is 0 Å². The third kappa shape index (κ3) is 3.75. The van der Waals surface area contributed by atoms with Crippen molar-refractivity contribution in [2.75, 3.05) is 7.11 Å². The highest BCUT2D eigenvalue weighted by molar-refractivity contribution is 7.98. The van der Waals surface area contributed by atoms with Crippen LogP contribution in [0, 0.1) is 0 Å². The van der Waals surface area contributed by atoms with Crippen molar-refractivity contribution in [3.8, 4) is 17.1 Å². The first-order valence-electron chi connectivity index (χ1n) is 7.70. The van der Waals surface area contributed by atoms with Crippen molar-refractivity contribution in [2.45, 2.75) is 17.5 Å². The minimum atomic E-state index is 0.488. The highest BCUT2D eigenvalue weighted by Crippen LogP contribution is 2.24. The number of thioether (sulfide) groups is 1. The molecule has 132 valence electrons. The largest absolute Gasteiger partial charge is 0.497 e. The second kappa shape index (κ2) is 7.67. The summed E-state index contributed by atoms with van der Waals surface area (Å²) in [6.45, 7) is 0.645. The lowest BCUT2D eigenvalue weighted by Gasteiger charge is -2.01. The summed E-state index contributed by atoms with van der Waals surface area (Å²) in [6, 6.07) is 11.6. The van der Waals surface area contributed by atoms with E-state index in [0.29, 0.717) is 29.2 Å². The Morgan fingerprint density at radius 2 is 2.23 bits per heavy atom. The van der Waals surface area contributed by atoms with Gasteiger partial charge in [0.25, 0.3) is 0 Å². The molecule has 0 saturated heterocycles. The first-order chi connectivity index (χ1) is 12.8. The van der Waals surface area contributed by atoms with Crippen molar-refractivity contribution in [3.63, 3.8) is 0 Å². The number of benzene rings is 1. The molecule has 0 atom stereocenters. The van der Waals surface area contributed by atoms with Crippen LogP contribution < -0.4 is 4.74 Å². The Kier molecular flexibility index (Phi) is 4.93. The lowest BCUT2D eigenvalue weighted by molar-refractivity contribution is 0.391. The third-order valence-corrected chi connectivity index (χ3v) is 5.31. The van der Waals surface area contributed by atoms with Gasteiger partial charge in [-0.2, -0.15) is 4.98 Å². The van der Waals surface area contributed by atoms with Gasteiger partial charge < -0.3 is 9.26 Å². The molecule has 3 aromatic heterocycles. The molecule has 0 amide bonds. The van der Waals surface area contributed by atoms with Crippen LogP contribution in [-0.2, 0) is 12.3 Å². The van der Waals surface area contributed by atoms with E-state index >= 15 is 0 Å². The number of hydrogen-bond donors (Lipinski definition) is 0. The number of thiophene rings is 1. The third-order valence-electron chi connectivity index (χ3n) is 3.51. The van der Waals surface area contributed by atoms with Crippen molar-refractivity contribution < 1.29 is 9.26 Å². The summed E-state index contributed by atoms with van der Waals surface area (Å²) in [4.78, 5) is 5.62. The van der Waals surface area contributed by atoms with Gasteiger partial charge in [0.15, 0.2) is 0 Å². The number of methoxy groups -OCH3 is 1. The maximum atomic E-state index is 5.34. The van der Waals surface area contributed by atoms with Gasteiger partial charge in [-0.15, -0.1) is 16.4 Å². The predicted molar refractivity (Wildman–Crippen MR) is 97.1 cm³/mol. The molecule has 0 spiro atoms. The fraction of sp³-hybridized carbons (Fsp3) is 0.188. The van der Waals surface area contributed by atoms with Gasteiger partial charge in [-0.3, -0.25) is 0 Å². The number of aromatic nitrogens is 6. The Hall–Kier alpha value is -2.72. The van der Waals surface area contributed by atoms with Gasteiger partial charge in [0.05, 0.1) is 19.4 Å². The van der Waals surface area contributed by atoms with Crippen LogP contribution >= 0.6 is 23.1 Å². The normalized spacial score (nSPS) is 11.0. The van der Waals surface area contributed by atoms with E-state index in [4.69, 9.17) is 9.26 Å². The molecule has 0 aliphatic carbocycles. The van der Waals surface area contributed by atoms with Gasteiger partial charge >= 0.3 is 0 Å². The van der Waals surface area contributed by atoms with Crippen LogP contribution in [0.4, 0.5) is 0 Å². The molecule has 0 N–H and O–H groups in total. The van der Waals surface area contributed by atoms with Gasteiger partial charge in [0.1, 0.15) is 5.75 Å². The number of nitrogens with zero attached hydrogens (tertiary/aromatic N) is 6. The molecule has 0 aliphatic heterocycles. The Morgan fingerprint density at radius 3 is 3.08 bits per heavy atom. The lowest BCUT2D eigenvalue weighted by Crippen LogP contribution is -2.02. The van der Waals surface area contributed by atoms with E-state index in [9.17, 15) is 0 Å². The molecule has 3 heterocycles. The minimum Gasteiger partial charge on any atom is -0.497 e. The molecule has 0 unspecified atom stereocenters. The fourth-order valence-electron chi connectivity index (χ4n) is 2.27. The van der Waals surface area contributed by atoms with Crippen molar-refractivity contribution >= 4 is 23.1 Å². The molecule has 4 rings (SSSR count). The number of tetrazole rings is 1. The van der Waals surface area contributed by atoms with Crippen LogP contribution in [0.3, 0.4) is 0 Å². The van der Waals surface area contributed by atoms with E-state index in [2.05, 4.69) is 31.7 Å². The molecule has 0 aliphatic rings. The molecule has 4 aromatic rings. The molecule has 1 aromatic carbocycles. The molecule has 10 heteroatoms. The molecule has 0 bridgehead atoms. The second-order valence-electron chi connectivity index (χ2n) is 5.23. The van der Waals surface area contributed by atoms with E-state index in [1.165, 1.54) is 16.6 Å². The predicted octanol–water partition coefficient (Wildman–Crippen LogP) is 3.13. The smallest absolute Gasteiger partial charge is 0.237 e. The molecule has 0 saturated carbocycles. The van der Waals surface area contributed by atoms with E-state index in [1.54, 1.807) is 23.1 Å². The zero-order valence-corrected chi connectivity index (χ0v) is 15.4. The minimum absolute atomic E-state index is 0.488. The van der Waals surface area contributed by atoms with Gasteiger partial charge in [0, 0.05) is 10.4 Å². The van der Waals surface area contributed by atoms with Crippen LogP contribution in [0.1, 0.15) is 10.8 Å². The maximum absolute atomic E-state index is 5.34. The van der Waals surface area contributed by atoms with Crippen LogP contribution in [0.25, 0.3) is 11.4 Å². The molecule has 26 heavy (non-hydrogen) atoms. The van der Waals surface area contributed by atoms with Crippen LogP contribution in [0.5, 0.6) is 5.75 Å². The summed E-state index contributed by atoms with van der Waals surface area (Å²) >= 11 is 3.13. The van der Waals surface area contributed by atoms with Gasteiger partial charge in [-0.25, -0.2) is 4.68 Å². The van der Waals surface area contributed by atoms with Crippen LogP contribution in [-0.4, -0.2) is 37.5 Å². The van der Waals surface area contributed by atoms with Crippen molar-refractivity contribution in [3.05, 3.63) is 52.5 Å². The first-order valence-corrected chi connectivity index (χ1v) is 9.57. The molecular formula is C16H14N6O2S2. The molecular weight excluding hydrogens is 372 g/mol. The Balaban J connectivity index is 1.43. The van der Waals surface area contributed by atoms with Crippen molar-refractivity contribution in [1.82, 2.24) is 30.3 Å². The van der Waals surface area contributed by atoms with Gasteiger partial charge in [-0.1, -0.05) is 35.1 Å². The number of rotatable bonds is 7. The SMILES string of the molecule is COc1cccc(-c2noc(CSc3nnnn3Cc3cccs3)n2)c1. The maximum Gasteiger partial charge on any atom is 0.237 e. The molecule has 0 fully saturated rings. The fourth-order valence-corrected chi connectivity index (χ4v) is 3.67. The monoisotopic (exact) mass is 386 g/mol. The molecule has 8 nitrogen and oxygen atoms in total. The zero-order valence-electron chi connectivity index (χ0n) is 13.8. The number of hydrogen-bond acceptors (Lipinski definition) is 9. The molecule has 0 radical (unpaired) electrons. The highest BCUT2D eigenvalue weighted by atomic mass is 32.2. The summed E-state index contributed by atoms with van der Waals surface area (Å²) < 4.78 is 12.3. The van der Waals surface area contributed by atoms with Crippen molar-refractivity contribution in [2.24, 2.45) is 0 Å². The lowest BCUT2D eigenvalue weighted by atomic mass is 10.2. The summed E-state index contributed by atoms with van der Waals surface area (Å²) in [6.07, 6.45) is 0. The van der Waals surface area contributed by atoms with E-state index in [1.807, 2.05) is 35.7 Å². The summed E-state index contributed by atoms with van der Waals surface area (Å²) in [5.74, 6) is 2.27. The average Bonchev–Trinajstić information content (AvgIpc) is 3.43. The average molecular weight is 386 g/mol. The van der Waals surface area contributed by atoms with E-state index in [0.717, 1.165) is 11.3 Å². The quantitative estimate of drug-likeness (QED) is 0.447. The first kappa shape index (κ1) is 16.7. The standard InChI is InChI=1S/C16H14N6O2S2/c1-23-12-5-2-4-11(8-12)15-17-14(24-19-15)10-26-16-18-20-21-22(16)9-13-6-3-7-25-13/h2-8H,9-10H2,1H3. The van der Waals surface area contributed by atoms with Gasteiger partial charge in [-0.05, 0) is 34.0 Å². The Bertz CT molecular complexity index is 982. The Morgan fingerprint density at radius 1 is 1.27 bits per heavy atom. The topological polar surface area (TPSA) is 91.8 Å². The summed E-state index contributed by atoms with van der Waals surface area (Å²) in [7, 11) is 1.62. The Labute approximate surface area is 157 Å². The highest BCUT2D eigenvalue weighted by Gasteiger charge is 2.13. The second-order valence-corrected chi connectivity index (χ2v) is 7.21. The van der Waals surface area contributed by atoms with Crippen LogP contribution in [0.2, 0.25) is 0 Å². The summed E-state index contributed by atoms with van der Waals surface area (Å²) in [5.41, 5.74) is 0.840.